The van der Waals surface area contributed by atoms with Crippen LogP contribution >= 0.6 is 0 Å². The van der Waals surface area contributed by atoms with Gasteiger partial charge in [-0.05, 0) is 55.0 Å². The van der Waals surface area contributed by atoms with Gasteiger partial charge >= 0.3 is 0 Å². The summed E-state index contributed by atoms with van der Waals surface area (Å²) < 4.78 is 5.55. The molecule has 0 N–H and O–H groups in total. The monoisotopic (exact) mass is 280 g/mol. The molecule has 0 amide bonds. The fourth-order valence-corrected chi connectivity index (χ4v) is 2.99. The van der Waals surface area contributed by atoms with Gasteiger partial charge in [0.25, 0.3) is 0 Å². The molecule has 2 aromatic rings. The Kier molecular flexibility index (Phi) is 4.05. The standard InChI is InChI=1S/C19H20O2/c1-2-21-19-9-4-3-8-17(19)18(20)13-14-10-11-15-6-5-7-16(15)12-14/h3-4,8-12H,2,5-7,13H2,1H3. The molecule has 0 radical (unpaired) electrons. The van der Waals surface area contributed by atoms with E-state index in [4.69, 9.17) is 4.74 Å². The molecule has 2 heteroatoms. The van der Waals surface area contributed by atoms with Gasteiger partial charge in [0, 0.05) is 6.42 Å². The number of rotatable bonds is 5. The summed E-state index contributed by atoms with van der Waals surface area (Å²) in [6, 6.07) is 14.0. The van der Waals surface area contributed by atoms with Crippen LogP contribution in [0.5, 0.6) is 5.75 Å². The van der Waals surface area contributed by atoms with Crippen LogP contribution in [0.25, 0.3) is 0 Å². The van der Waals surface area contributed by atoms with Crippen LogP contribution in [0.4, 0.5) is 0 Å². The molecule has 2 aromatic carbocycles. The molecular weight excluding hydrogens is 260 g/mol. The Balaban J connectivity index is 1.80. The maximum absolute atomic E-state index is 12.5. The fraction of sp³-hybridized carbons (Fsp3) is 0.316. The zero-order valence-electron chi connectivity index (χ0n) is 12.4. The molecule has 0 saturated heterocycles. The minimum atomic E-state index is 0.122. The molecule has 0 saturated carbocycles. The van der Waals surface area contributed by atoms with Crippen molar-refractivity contribution in [3.05, 3.63) is 64.7 Å². The number of ketones is 1. The lowest BCUT2D eigenvalue weighted by Gasteiger charge is -2.09. The number of Topliss-reactive ketones (excluding diaryl/α,β-unsaturated/α-hetero) is 1. The van der Waals surface area contributed by atoms with Crippen molar-refractivity contribution >= 4 is 5.78 Å². The second-order valence-corrected chi connectivity index (χ2v) is 5.49. The Labute approximate surface area is 125 Å². The van der Waals surface area contributed by atoms with Gasteiger partial charge in [-0.15, -0.1) is 0 Å². The maximum atomic E-state index is 12.5. The number of carbonyl (C=O) groups is 1. The van der Waals surface area contributed by atoms with Gasteiger partial charge in [-0.1, -0.05) is 30.3 Å². The summed E-state index contributed by atoms with van der Waals surface area (Å²) in [6.45, 7) is 2.50. The van der Waals surface area contributed by atoms with Crippen molar-refractivity contribution in [2.45, 2.75) is 32.6 Å². The molecule has 108 valence electrons. The van der Waals surface area contributed by atoms with Crippen molar-refractivity contribution in [1.29, 1.82) is 0 Å². The average molecular weight is 280 g/mol. The highest BCUT2D eigenvalue weighted by Gasteiger charge is 2.15. The van der Waals surface area contributed by atoms with Crippen molar-refractivity contribution < 1.29 is 9.53 Å². The third-order valence-corrected chi connectivity index (χ3v) is 4.01. The topological polar surface area (TPSA) is 26.3 Å². The molecule has 1 aliphatic rings. The van der Waals surface area contributed by atoms with Gasteiger partial charge in [0.15, 0.2) is 5.78 Å². The maximum Gasteiger partial charge on any atom is 0.170 e. The largest absolute Gasteiger partial charge is 0.493 e. The fourth-order valence-electron chi connectivity index (χ4n) is 2.99. The Hall–Kier alpha value is -2.09. The van der Waals surface area contributed by atoms with Gasteiger partial charge in [-0.3, -0.25) is 4.79 Å². The molecule has 3 rings (SSSR count). The summed E-state index contributed by atoms with van der Waals surface area (Å²) in [5.41, 5.74) is 4.64. The van der Waals surface area contributed by atoms with Crippen molar-refractivity contribution in [2.75, 3.05) is 6.61 Å². The van der Waals surface area contributed by atoms with Gasteiger partial charge < -0.3 is 4.74 Å². The van der Waals surface area contributed by atoms with E-state index in [-0.39, 0.29) is 5.78 Å². The van der Waals surface area contributed by atoms with Crippen molar-refractivity contribution in [3.63, 3.8) is 0 Å². The number of hydrogen-bond donors (Lipinski definition) is 0. The minimum absolute atomic E-state index is 0.122. The van der Waals surface area contributed by atoms with E-state index < -0.39 is 0 Å². The van der Waals surface area contributed by atoms with Crippen LogP contribution in [-0.2, 0) is 19.3 Å². The summed E-state index contributed by atoms with van der Waals surface area (Å²) in [4.78, 5) is 12.5. The molecule has 0 aliphatic heterocycles. The molecular formula is C19H20O2. The van der Waals surface area contributed by atoms with Crippen LogP contribution in [0.15, 0.2) is 42.5 Å². The van der Waals surface area contributed by atoms with Gasteiger partial charge in [0.2, 0.25) is 0 Å². The predicted molar refractivity (Wildman–Crippen MR) is 84.1 cm³/mol. The van der Waals surface area contributed by atoms with Crippen LogP contribution < -0.4 is 4.74 Å². The SMILES string of the molecule is CCOc1ccccc1C(=O)Cc1ccc2c(c1)CCC2. The highest BCUT2D eigenvalue weighted by Crippen LogP contribution is 2.25. The van der Waals surface area contributed by atoms with Crippen LogP contribution in [0.3, 0.4) is 0 Å². The molecule has 0 heterocycles. The first-order chi connectivity index (χ1) is 10.3. The highest BCUT2D eigenvalue weighted by molar-refractivity contribution is 6.00. The van der Waals surface area contributed by atoms with Crippen LogP contribution in [0.1, 0.15) is 40.4 Å². The summed E-state index contributed by atoms with van der Waals surface area (Å²) in [6.07, 6.45) is 4.00. The Morgan fingerprint density at radius 2 is 1.90 bits per heavy atom. The summed E-state index contributed by atoms with van der Waals surface area (Å²) in [5, 5.41) is 0. The van der Waals surface area contributed by atoms with Gasteiger partial charge in [0.05, 0.1) is 12.2 Å². The van der Waals surface area contributed by atoms with E-state index >= 15 is 0 Å². The summed E-state index contributed by atoms with van der Waals surface area (Å²) in [7, 11) is 0. The van der Waals surface area contributed by atoms with E-state index in [2.05, 4.69) is 18.2 Å². The average Bonchev–Trinajstić information content (AvgIpc) is 2.95. The Morgan fingerprint density at radius 1 is 1.10 bits per heavy atom. The van der Waals surface area contributed by atoms with Crippen LogP contribution in [0, 0.1) is 0 Å². The van der Waals surface area contributed by atoms with Gasteiger partial charge in [0.1, 0.15) is 5.75 Å². The summed E-state index contributed by atoms with van der Waals surface area (Å²) in [5.74, 6) is 0.808. The number of aryl methyl sites for hydroxylation is 2. The lowest BCUT2D eigenvalue weighted by Crippen LogP contribution is -2.07. The number of benzene rings is 2. The quantitative estimate of drug-likeness (QED) is 0.774. The van der Waals surface area contributed by atoms with Crippen molar-refractivity contribution in [3.8, 4) is 5.75 Å². The Bertz CT molecular complexity index is 658. The van der Waals surface area contributed by atoms with E-state index in [0.29, 0.717) is 24.3 Å². The zero-order valence-corrected chi connectivity index (χ0v) is 12.4. The predicted octanol–water partition coefficient (Wildman–Crippen LogP) is 4.00. The van der Waals surface area contributed by atoms with E-state index in [9.17, 15) is 4.79 Å². The first kappa shape index (κ1) is 13.9. The zero-order chi connectivity index (χ0) is 14.7. The normalized spacial score (nSPS) is 13.0. The van der Waals surface area contributed by atoms with Gasteiger partial charge in [-0.25, -0.2) is 0 Å². The van der Waals surface area contributed by atoms with E-state index in [1.54, 1.807) is 0 Å². The minimum Gasteiger partial charge on any atom is -0.493 e. The third kappa shape index (κ3) is 2.99. The molecule has 0 fully saturated rings. The van der Waals surface area contributed by atoms with Gasteiger partial charge in [-0.2, -0.15) is 0 Å². The third-order valence-electron chi connectivity index (χ3n) is 4.01. The first-order valence-corrected chi connectivity index (χ1v) is 7.63. The second-order valence-electron chi connectivity index (χ2n) is 5.49. The summed E-state index contributed by atoms with van der Waals surface area (Å²) >= 11 is 0. The number of para-hydroxylation sites is 1. The van der Waals surface area contributed by atoms with E-state index in [0.717, 1.165) is 12.0 Å². The van der Waals surface area contributed by atoms with Crippen molar-refractivity contribution in [1.82, 2.24) is 0 Å². The first-order valence-electron chi connectivity index (χ1n) is 7.63. The van der Waals surface area contributed by atoms with Crippen molar-refractivity contribution in [2.24, 2.45) is 0 Å². The van der Waals surface area contributed by atoms with E-state index in [1.807, 2.05) is 31.2 Å². The number of fused-ring (bicyclic) bond motifs is 1. The Morgan fingerprint density at radius 3 is 2.76 bits per heavy atom. The van der Waals surface area contributed by atoms with Crippen LogP contribution in [0.2, 0.25) is 0 Å². The molecule has 0 aromatic heterocycles. The molecule has 2 nitrogen and oxygen atoms in total. The number of carbonyl (C=O) groups excluding carboxylic acids is 1. The number of ether oxygens (including phenoxy) is 1. The lowest BCUT2D eigenvalue weighted by atomic mass is 9.99. The molecule has 21 heavy (non-hydrogen) atoms. The molecule has 0 unspecified atom stereocenters. The second kappa shape index (κ2) is 6.13. The van der Waals surface area contributed by atoms with E-state index in [1.165, 1.54) is 24.0 Å². The number of hydrogen-bond acceptors (Lipinski definition) is 2. The smallest absolute Gasteiger partial charge is 0.170 e. The molecule has 1 aliphatic carbocycles. The molecule has 0 bridgehead atoms. The lowest BCUT2D eigenvalue weighted by molar-refractivity contribution is 0.0989. The van der Waals surface area contributed by atoms with Crippen LogP contribution in [-0.4, -0.2) is 12.4 Å². The molecule has 0 spiro atoms. The highest BCUT2D eigenvalue weighted by atomic mass is 16.5. The molecule has 0 atom stereocenters.